The molecule has 0 saturated heterocycles. The Labute approximate surface area is 182 Å². The third-order valence-electron chi connectivity index (χ3n) is 5.14. The van der Waals surface area contributed by atoms with Crippen molar-refractivity contribution in [3.8, 4) is 0 Å². The lowest BCUT2D eigenvalue weighted by Gasteiger charge is -2.14. The molecule has 3 heterocycles. The van der Waals surface area contributed by atoms with Gasteiger partial charge in [-0.2, -0.15) is 0 Å². The Morgan fingerprint density at radius 2 is 1.94 bits per heavy atom. The molecule has 4 rings (SSSR count). The van der Waals surface area contributed by atoms with Crippen molar-refractivity contribution in [1.82, 2.24) is 23.5 Å². The Balaban J connectivity index is 1.93. The zero-order valence-corrected chi connectivity index (χ0v) is 18.1. The van der Waals surface area contributed by atoms with E-state index in [0.29, 0.717) is 18.0 Å². The Kier molecular flexibility index (Phi) is 5.53. The molecule has 0 spiro atoms. The number of benzene rings is 1. The highest BCUT2D eigenvalue weighted by Crippen LogP contribution is 2.24. The van der Waals surface area contributed by atoms with E-state index in [0.717, 1.165) is 11.3 Å². The largest absolute Gasteiger partial charge is 0.394 e. The molecule has 1 aromatic carbocycles. The van der Waals surface area contributed by atoms with Gasteiger partial charge in [0.15, 0.2) is 11.2 Å². The van der Waals surface area contributed by atoms with Crippen LogP contribution in [0.5, 0.6) is 0 Å². The number of aliphatic hydroxyl groups is 1. The van der Waals surface area contributed by atoms with E-state index in [-0.39, 0.29) is 42.1 Å². The summed E-state index contributed by atoms with van der Waals surface area (Å²) in [5.74, 6) is 0.440. The third kappa shape index (κ3) is 3.87. The van der Waals surface area contributed by atoms with Crippen molar-refractivity contribution in [2.75, 3.05) is 13.2 Å². The minimum atomic E-state index is -0.447. The van der Waals surface area contributed by atoms with Crippen LogP contribution in [0.4, 0.5) is 5.69 Å². The monoisotopic (exact) mass is 440 g/mol. The first-order valence-corrected chi connectivity index (χ1v) is 10.1. The fourth-order valence-electron chi connectivity index (χ4n) is 3.46. The molecule has 0 saturated carbocycles. The number of rotatable bonds is 7. The van der Waals surface area contributed by atoms with Gasteiger partial charge in [-0.05, 0) is 5.56 Å². The molecule has 0 aliphatic heterocycles. The number of aromatic nitrogens is 5. The molecule has 11 heteroatoms. The van der Waals surface area contributed by atoms with E-state index in [4.69, 9.17) is 14.8 Å². The lowest BCUT2D eigenvalue weighted by atomic mass is 9.93. The van der Waals surface area contributed by atoms with Crippen molar-refractivity contribution in [3.05, 3.63) is 68.5 Å². The number of aliphatic hydroxyl groups excluding tert-OH is 1. The van der Waals surface area contributed by atoms with E-state index in [1.807, 2.05) is 25.3 Å². The molecular formula is C21H24N6O5. The molecule has 0 bridgehead atoms. The van der Waals surface area contributed by atoms with Gasteiger partial charge in [0.05, 0.1) is 36.7 Å². The van der Waals surface area contributed by atoms with E-state index in [1.165, 1.54) is 22.9 Å². The molecule has 0 radical (unpaired) electrons. The Bertz CT molecular complexity index is 1340. The third-order valence-corrected chi connectivity index (χ3v) is 5.14. The quantitative estimate of drug-likeness (QED) is 0.264. The standard InChI is InChI=1S/C21H24N6O5/c1-21(2,3)16-11-26-19(29)17-18(24(12-22-17)13-32-9-8-28)25(20(26)23-16)10-14-4-6-15(7-5-14)27(30)31/h4-7,11-12,28H,8-10,13H2,1-3H3. The van der Waals surface area contributed by atoms with E-state index in [2.05, 4.69) is 4.98 Å². The zero-order chi connectivity index (χ0) is 23.0. The maximum Gasteiger partial charge on any atom is 0.287 e. The van der Waals surface area contributed by atoms with E-state index in [1.54, 1.807) is 22.9 Å². The minimum Gasteiger partial charge on any atom is -0.394 e. The van der Waals surface area contributed by atoms with E-state index >= 15 is 0 Å². The second-order valence-electron chi connectivity index (χ2n) is 8.51. The Morgan fingerprint density at radius 3 is 2.56 bits per heavy atom. The van der Waals surface area contributed by atoms with Gasteiger partial charge in [0, 0.05) is 23.7 Å². The number of hydrogen-bond acceptors (Lipinski definition) is 7. The number of nitro groups is 1. The average molecular weight is 440 g/mol. The fraction of sp³-hybridized carbons (Fsp3) is 0.381. The van der Waals surface area contributed by atoms with E-state index in [9.17, 15) is 14.9 Å². The number of imidazole rings is 2. The van der Waals surface area contributed by atoms with Crippen molar-refractivity contribution in [1.29, 1.82) is 0 Å². The van der Waals surface area contributed by atoms with Gasteiger partial charge >= 0.3 is 0 Å². The molecule has 0 aliphatic rings. The first-order valence-electron chi connectivity index (χ1n) is 10.1. The smallest absolute Gasteiger partial charge is 0.287 e. The lowest BCUT2D eigenvalue weighted by Crippen LogP contribution is -2.20. The molecule has 0 aliphatic carbocycles. The van der Waals surface area contributed by atoms with Crippen LogP contribution >= 0.6 is 0 Å². The average Bonchev–Trinajstić information content (AvgIpc) is 3.37. The number of non-ortho nitro benzene ring substituents is 1. The normalized spacial score (nSPS) is 12.1. The summed E-state index contributed by atoms with van der Waals surface area (Å²) in [5.41, 5.74) is 1.76. The summed E-state index contributed by atoms with van der Waals surface area (Å²) in [5, 5.41) is 20.0. The van der Waals surface area contributed by atoms with Gasteiger partial charge in [-0.1, -0.05) is 32.9 Å². The first kappa shape index (κ1) is 21.7. The summed E-state index contributed by atoms with van der Waals surface area (Å²) in [6.07, 6.45) is 3.24. The highest BCUT2D eigenvalue weighted by molar-refractivity contribution is 5.73. The van der Waals surface area contributed by atoms with Crippen LogP contribution in [0.15, 0.2) is 41.6 Å². The number of fused-ring (bicyclic) bond motifs is 2. The SMILES string of the molecule is CC(C)(C)c1cn2c(=O)c3ncn(COCCO)c3n(Cc3ccc([N+](=O)[O-])cc3)c2n1. The van der Waals surface area contributed by atoms with E-state index < -0.39 is 4.92 Å². The zero-order valence-electron chi connectivity index (χ0n) is 18.1. The molecule has 1 N–H and O–H groups in total. The molecule has 11 nitrogen and oxygen atoms in total. The first-order chi connectivity index (χ1) is 15.2. The van der Waals surface area contributed by atoms with Crippen molar-refractivity contribution < 1.29 is 14.8 Å². The molecule has 32 heavy (non-hydrogen) atoms. The molecule has 0 atom stereocenters. The molecule has 168 valence electrons. The summed E-state index contributed by atoms with van der Waals surface area (Å²) < 4.78 is 10.5. The number of nitro benzene ring substituents is 1. The van der Waals surface area contributed by atoms with Crippen LogP contribution in [0, 0.1) is 10.1 Å². The predicted molar refractivity (Wildman–Crippen MR) is 117 cm³/mol. The summed E-state index contributed by atoms with van der Waals surface area (Å²) >= 11 is 0. The summed E-state index contributed by atoms with van der Waals surface area (Å²) in [7, 11) is 0. The van der Waals surface area contributed by atoms with Gasteiger partial charge in [0.2, 0.25) is 5.78 Å². The number of ether oxygens (including phenoxy) is 1. The lowest BCUT2D eigenvalue weighted by molar-refractivity contribution is -0.384. The highest BCUT2D eigenvalue weighted by Gasteiger charge is 2.23. The van der Waals surface area contributed by atoms with Crippen LogP contribution in [0.25, 0.3) is 16.9 Å². The van der Waals surface area contributed by atoms with Gasteiger partial charge in [-0.3, -0.25) is 24.0 Å². The van der Waals surface area contributed by atoms with Crippen molar-refractivity contribution in [3.63, 3.8) is 0 Å². The van der Waals surface area contributed by atoms with Gasteiger partial charge < -0.3 is 9.84 Å². The van der Waals surface area contributed by atoms with Crippen LogP contribution < -0.4 is 5.56 Å². The van der Waals surface area contributed by atoms with Gasteiger partial charge in [0.1, 0.15) is 6.73 Å². The predicted octanol–water partition coefficient (Wildman–Crippen LogP) is 2.07. The highest BCUT2D eigenvalue weighted by atomic mass is 16.6. The molecule has 0 amide bonds. The van der Waals surface area contributed by atoms with Crippen LogP contribution in [-0.4, -0.2) is 46.7 Å². The van der Waals surface area contributed by atoms with Crippen LogP contribution in [0.2, 0.25) is 0 Å². The van der Waals surface area contributed by atoms with Gasteiger partial charge in [-0.15, -0.1) is 0 Å². The fourth-order valence-corrected chi connectivity index (χ4v) is 3.46. The summed E-state index contributed by atoms with van der Waals surface area (Å²) in [6.45, 7) is 6.47. The molecule has 0 unspecified atom stereocenters. The maximum absolute atomic E-state index is 13.2. The molecule has 0 fully saturated rings. The van der Waals surface area contributed by atoms with Crippen LogP contribution in [0.3, 0.4) is 0 Å². The van der Waals surface area contributed by atoms with Crippen LogP contribution in [-0.2, 0) is 23.4 Å². The maximum atomic E-state index is 13.2. The number of nitrogens with zero attached hydrogens (tertiary/aromatic N) is 6. The van der Waals surface area contributed by atoms with Gasteiger partial charge in [-0.25, -0.2) is 14.4 Å². The second-order valence-corrected chi connectivity index (χ2v) is 8.51. The van der Waals surface area contributed by atoms with Gasteiger partial charge in [0.25, 0.3) is 11.2 Å². The molecular weight excluding hydrogens is 416 g/mol. The van der Waals surface area contributed by atoms with Crippen molar-refractivity contribution in [2.45, 2.75) is 39.5 Å². The minimum absolute atomic E-state index is 0.00206. The number of hydrogen-bond donors (Lipinski definition) is 1. The Morgan fingerprint density at radius 1 is 1.22 bits per heavy atom. The van der Waals surface area contributed by atoms with Crippen LogP contribution in [0.1, 0.15) is 32.0 Å². The topological polar surface area (TPSA) is 130 Å². The molecule has 4 aromatic rings. The van der Waals surface area contributed by atoms with Crippen molar-refractivity contribution >= 4 is 22.6 Å². The summed E-state index contributed by atoms with van der Waals surface area (Å²) in [4.78, 5) is 32.8. The van der Waals surface area contributed by atoms with Crippen molar-refractivity contribution in [2.24, 2.45) is 0 Å². The second kappa shape index (κ2) is 8.17. The molecule has 3 aromatic heterocycles. The Hall–Kier alpha value is -3.57. The summed E-state index contributed by atoms with van der Waals surface area (Å²) in [6, 6.07) is 6.24.